The van der Waals surface area contributed by atoms with Crippen molar-refractivity contribution in [2.75, 3.05) is 19.0 Å². The molecule has 0 saturated carbocycles. The maximum atomic E-state index is 11.5. The van der Waals surface area contributed by atoms with Crippen LogP contribution in [-0.2, 0) is 11.2 Å². The van der Waals surface area contributed by atoms with Crippen molar-refractivity contribution >= 4 is 17.7 Å². The van der Waals surface area contributed by atoms with Crippen molar-refractivity contribution in [2.45, 2.75) is 6.42 Å². The molecule has 1 aliphatic heterocycles. The standard InChI is InChI=1S/C11H12N2O3/c1-16-11(15)13-8-3-2-7-4-5-12-10(14)9(7)6-8/h2-3,6H,4-5H2,1H3,(H,12,14)(H,13,15). The highest BCUT2D eigenvalue weighted by atomic mass is 16.5. The zero-order valence-electron chi connectivity index (χ0n) is 8.87. The predicted octanol–water partition coefficient (Wildman–Crippen LogP) is 1.15. The number of fused-ring (bicyclic) bond motifs is 1. The number of nitrogens with one attached hydrogen (secondary N) is 2. The maximum absolute atomic E-state index is 11.5. The van der Waals surface area contributed by atoms with Gasteiger partial charge in [0.1, 0.15) is 0 Å². The molecule has 0 fully saturated rings. The average Bonchev–Trinajstić information content (AvgIpc) is 2.30. The molecule has 2 rings (SSSR count). The lowest BCUT2D eigenvalue weighted by atomic mass is 10.00. The molecule has 1 aromatic carbocycles. The van der Waals surface area contributed by atoms with Crippen LogP contribution in [-0.4, -0.2) is 25.7 Å². The number of hydrogen-bond donors (Lipinski definition) is 2. The van der Waals surface area contributed by atoms with Crippen molar-refractivity contribution in [3.63, 3.8) is 0 Å². The van der Waals surface area contributed by atoms with Crippen LogP contribution in [0.2, 0.25) is 0 Å². The molecule has 0 bridgehead atoms. The van der Waals surface area contributed by atoms with Crippen molar-refractivity contribution in [2.24, 2.45) is 0 Å². The number of carbonyl (C=O) groups is 2. The molecule has 84 valence electrons. The van der Waals surface area contributed by atoms with E-state index in [1.54, 1.807) is 12.1 Å². The number of hydrogen-bond acceptors (Lipinski definition) is 3. The molecule has 0 aliphatic carbocycles. The summed E-state index contributed by atoms with van der Waals surface area (Å²) in [5.41, 5.74) is 2.17. The van der Waals surface area contributed by atoms with Gasteiger partial charge in [-0.2, -0.15) is 0 Å². The van der Waals surface area contributed by atoms with E-state index in [9.17, 15) is 9.59 Å². The third-order valence-corrected chi connectivity index (χ3v) is 2.47. The van der Waals surface area contributed by atoms with Crippen LogP contribution < -0.4 is 10.6 Å². The minimum absolute atomic E-state index is 0.102. The summed E-state index contributed by atoms with van der Waals surface area (Å²) in [5, 5.41) is 5.27. The average molecular weight is 220 g/mol. The Morgan fingerprint density at radius 3 is 3.06 bits per heavy atom. The second-order valence-corrected chi connectivity index (χ2v) is 3.49. The smallest absolute Gasteiger partial charge is 0.411 e. The second-order valence-electron chi connectivity index (χ2n) is 3.49. The van der Waals surface area contributed by atoms with Crippen molar-refractivity contribution in [1.29, 1.82) is 0 Å². The normalized spacial score (nSPS) is 13.7. The molecule has 0 aromatic heterocycles. The lowest BCUT2D eigenvalue weighted by Gasteiger charge is -2.17. The summed E-state index contributed by atoms with van der Waals surface area (Å²) in [5.74, 6) is -0.102. The van der Waals surface area contributed by atoms with E-state index in [0.29, 0.717) is 17.8 Å². The van der Waals surface area contributed by atoms with Crippen molar-refractivity contribution in [1.82, 2.24) is 5.32 Å². The number of rotatable bonds is 1. The first-order chi connectivity index (χ1) is 7.70. The summed E-state index contributed by atoms with van der Waals surface area (Å²) < 4.78 is 4.47. The maximum Gasteiger partial charge on any atom is 0.411 e. The van der Waals surface area contributed by atoms with Crippen LogP contribution in [0.3, 0.4) is 0 Å². The van der Waals surface area contributed by atoms with Gasteiger partial charge in [0.15, 0.2) is 0 Å². The van der Waals surface area contributed by atoms with E-state index in [1.165, 1.54) is 7.11 Å². The highest BCUT2D eigenvalue weighted by Crippen LogP contribution is 2.19. The van der Waals surface area contributed by atoms with E-state index in [0.717, 1.165) is 12.0 Å². The Labute approximate surface area is 92.8 Å². The van der Waals surface area contributed by atoms with Gasteiger partial charge in [0.2, 0.25) is 0 Å². The molecule has 0 radical (unpaired) electrons. The lowest BCUT2D eigenvalue weighted by Crippen LogP contribution is -2.31. The summed E-state index contributed by atoms with van der Waals surface area (Å²) in [6.45, 7) is 0.662. The third-order valence-electron chi connectivity index (χ3n) is 2.47. The van der Waals surface area contributed by atoms with Crippen LogP contribution in [0.25, 0.3) is 0 Å². The molecule has 1 aromatic rings. The summed E-state index contributed by atoms with van der Waals surface area (Å²) in [6.07, 6.45) is 0.274. The number of benzene rings is 1. The number of ether oxygens (including phenoxy) is 1. The van der Waals surface area contributed by atoms with Gasteiger partial charge in [-0.1, -0.05) is 6.07 Å². The first-order valence-corrected chi connectivity index (χ1v) is 4.97. The quantitative estimate of drug-likeness (QED) is 0.746. The third kappa shape index (κ3) is 1.98. The lowest BCUT2D eigenvalue weighted by molar-refractivity contribution is 0.0946. The van der Waals surface area contributed by atoms with E-state index < -0.39 is 6.09 Å². The van der Waals surface area contributed by atoms with Gasteiger partial charge in [-0.15, -0.1) is 0 Å². The number of anilines is 1. The molecular formula is C11H12N2O3. The van der Waals surface area contributed by atoms with Crippen LogP contribution in [0.5, 0.6) is 0 Å². The van der Waals surface area contributed by atoms with Crippen LogP contribution in [0.15, 0.2) is 18.2 Å². The first kappa shape index (κ1) is 10.5. The molecule has 5 nitrogen and oxygen atoms in total. The van der Waals surface area contributed by atoms with E-state index in [-0.39, 0.29) is 5.91 Å². The van der Waals surface area contributed by atoms with Gasteiger partial charge in [-0.3, -0.25) is 10.1 Å². The van der Waals surface area contributed by atoms with Crippen LogP contribution >= 0.6 is 0 Å². The summed E-state index contributed by atoms with van der Waals surface area (Å²) in [7, 11) is 1.29. The van der Waals surface area contributed by atoms with Gasteiger partial charge >= 0.3 is 6.09 Å². The monoisotopic (exact) mass is 220 g/mol. The molecule has 0 saturated heterocycles. The molecule has 0 spiro atoms. The van der Waals surface area contributed by atoms with Gasteiger partial charge in [0.25, 0.3) is 5.91 Å². The van der Waals surface area contributed by atoms with E-state index in [4.69, 9.17) is 0 Å². The molecule has 1 heterocycles. The Hall–Kier alpha value is -2.04. The molecule has 2 amide bonds. The van der Waals surface area contributed by atoms with E-state index in [2.05, 4.69) is 15.4 Å². The molecule has 0 atom stereocenters. The highest BCUT2D eigenvalue weighted by Gasteiger charge is 2.16. The second kappa shape index (κ2) is 4.22. The molecule has 0 unspecified atom stereocenters. The van der Waals surface area contributed by atoms with Crippen molar-refractivity contribution in [3.8, 4) is 0 Å². The Kier molecular flexibility index (Phi) is 2.76. The van der Waals surface area contributed by atoms with E-state index >= 15 is 0 Å². The topological polar surface area (TPSA) is 67.4 Å². The number of methoxy groups -OCH3 is 1. The summed E-state index contributed by atoms with van der Waals surface area (Å²) in [4.78, 5) is 22.5. The van der Waals surface area contributed by atoms with Gasteiger partial charge in [-0.05, 0) is 24.1 Å². The van der Waals surface area contributed by atoms with E-state index in [1.807, 2.05) is 6.07 Å². The van der Waals surface area contributed by atoms with Crippen molar-refractivity contribution < 1.29 is 14.3 Å². The van der Waals surface area contributed by atoms with Crippen LogP contribution in [0.4, 0.5) is 10.5 Å². The summed E-state index contributed by atoms with van der Waals surface area (Å²) >= 11 is 0. The van der Waals surface area contributed by atoms with Gasteiger partial charge < -0.3 is 10.1 Å². The summed E-state index contributed by atoms with van der Waals surface area (Å²) in [6, 6.07) is 5.26. The first-order valence-electron chi connectivity index (χ1n) is 4.97. The SMILES string of the molecule is COC(=O)Nc1ccc2c(c1)C(=O)NCC2. The van der Waals surface area contributed by atoms with Crippen LogP contribution in [0, 0.1) is 0 Å². The fraction of sp³-hybridized carbons (Fsp3) is 0.273. The Morgan fingerprint density at radius 2 is 2.31 bits per heavy atom. The number of carbonyl (C=O) groups excluding carboxylic acids is 2. The van der Waals surface area contributed by atoms with Crippen LogP contribution in [0.1, 0.15) is 15.9 Å². The fourth-order valence-electron chi connectivity index (χ4n) is 1.66. The molecule has 5 heteroatoms. The number of amides is 2. The minimum Gasteiger partial charge on any atom is -0.453 e. The fourth-order valence-corrected chi connectivity index (χ4v) is 1.66. The van der Waals surface area contributed by atoms with Gasteiger partial charge in [-0.25, -0.2) is 4.79 Å². The minimum atomic E-state index is -0.545. The van der Waals surface area contributed by atoms with Gasteiger partial charge in [0.05, 0.1) is 7.11 Å². The molecule has 1 aliphatic rings. The zero-order chi connectivity index (χ0) is 11.5. The Bertz CT molecular complexity index is 443. The zero-order valence-corrected chi connectivity index (χ0v) is 8.87. The Balaban J connectivity index is 2.27. The highest BCUT2D eigenvalue weighted by molar-refractivity contribution is 5.98. The Morgan fingerprint density at radius 1 is 1.50 bits per heavy atom. The molecule has 2 N–H and O–H groups in total. The molecule has 16 heavy (non-hydrogen) atoms. The van der Waals surface area contributed by atoms with Gasteiger partial charge in [0, 0.05) is 17.8 Å². The van der Waals surface area contributed by atoms with Crippen molar-refractivity contribution in [3.05, 3.63) is 29.3 Å². The largest absolute Gasteiger partial charge is 0.453 e. The predicted molar refractivity (Wildman–Crippen MR) is 58.5 cm³/mol. The molecular weight excluding hydrogens is 208 g/mol.